The predicted molar refractivity (Wildman–Crippen MR) is 144 cm³/mol. The Kier molecular flexibility index (Phi) is 7.04. The molecule has 0 atom stereocenters. The van der Waals surface area contributed by atoms with E-state index in [0.29, 0.717) is 28.4 Å². The lowest BCUT2D eigenvalue weighted by Gasteiger charge is -2.14. The second kappa shape index (κ2) is 10.5. The number of aromatic nitrogens is 3. The quantitative estimate of drug-likeness (QED) is 0.135. The zero-order valence-corrected chi connectivity index (χ0v) is 22.0. The number of ketones is 1. The summed E-state index contributed by atoms with van der Waals surface area (Å²) in [7, 11) is 0. The summed E-state index contributed by atoms with van der Waals surface area (Å²) in [4.78, 5) is 33.8. The number of hydrogen-bond acceptors (Lipinski definition) is 5. The van der Waals surface area contributed by atoms with Gasteiger partial charge in [-0.1, -0.05) is 0 Å². The van der Waals surface area contributed by atoms with Gasteiger partial charge in [-0.25, -0.2) is 9.37 Å². The van der Waals surface area contributed by atoms with Gasteiger partial charge in [-0.15, -0.1) is 0 Å². The number of anilines is 1. The summed E-state index contributed by atoms with van der Waals surface area (Å²) >= 11 is 0. The van der Waals surface area contributed by atoms with E-state index in [-0.39, 0.29) is 17.1 Å². The molecule has 5 aromatic rings. The van der Waals surface area contributed by atoms with E-state index >= 15 is 0 Å². The van der Waals surface area contributed by atoms with Gasteiger partial charge in [-0.05, 0) is 80.4 Å². The number of carbonyl (C=O) groups excluding carboxylic acids is 2. The molecule has 3 aromatic carbocycles. The van der Waals surface area contributed by atoms with Crippen molar-refractivity contribution in [2.45, 2.75) is 26.9 Å². The van der Waals surface area contributed by atoms with Crippen molar-refractivity contribution in [3.63, 3.8) is 0 Å². The number of halogens is 4. The van der Waals surface area contributed by atoms with Crippen molar-refractivity contribution in [3.05, 3.63) is 107 Å². The van der Waals surface area contributed by atoms with E-state index in [1.807, 2.05) is 26.0 Å². The van der Waals surface area contributed by atoms with Crippen molar-refractivity contribution >= 4 is 28.3 Å². The maximum absolute atomic E-state index is 15.0. The van der Waals surface area contributed by atoms with Crippen LogP contribution in [-0.2, 0) is 11.0 Å². The molecular weight excluding hydrogens is 540 g/mol. The first-order valence-corrected chi connectivity index (χ1v) is 12.3. The number of aryl methyl sites for hydroxylation is 3. The minimum Gasteiger partial charge on any atom is -0.456 e. The molecule has 0 radical (unpaired) electrons. The fourth-order valence-corrected chi connectivity index (χ4v) is 4.21. The molecule has 0 spiro atoms. The number of alkyl halides is 3. The van der Waals surface area contributed by atoms with Gasteiger partial charge in [0.25, 0.3) is 11.7 Å². The lowest BCUT2D eigenvalue weighted by atomic mass is 10.1. The number of nitrogens with zero attached hydrogens (tertiary/aromatic N) is 3. The second-order valence-corrected chi connectivity index (χ2v) is 9.48. The van der Waals surface area contributed by atoms with Crippen LogP contribution in [0.25, 0.3) is 16.6 Å². The Balaban J connectivity index is 1.38. The van der Waals surface area contributed by atoms with Gasteiger partial charge in [0.1, 0.15) is 17.3 Å². The van der Waals surface area contributed by atoms with Gasteiger partial charge in [-0.3, -0.25) is 14.6 Å². The Bertz CT molecular complexity index is 1830. The van der Waals surface area contributed by atoms with Crippen LogP contribution in [0.1, 0.15) is 32.7 Å². The van der Waals surface area contributed by atoms with E-state index in [0.717, 1.165) is 29.3 Å². The zero-order valence-electron chi connectivity index (χ0n) is 22.0. The molecule has 5 rings (SSSR count). The molecule has 1 N–H and O–H groups in total. The molecule has 0 bridgehead atoms. The second-order valence-electron chi connectivity index (χ2n) is 9.48. The average molecular weight is 563 g/mol. The Labute approximate surface area is 231 Å². The Morgan fingerprint density at radius 3 is 2.37 bits per heavy atom. The number of pyridine rings is 1. The van der Waals surface area contributed by atoms with Gasteiger partial charge in [0.15, 0.2) is 0 Å². The van der Waals surface area contributed by atoms with Crippen molar-refractivity contribution in [1.82, 2.24) is 14.5 Å². The minimum absolute atomic E-state index is 0.0600. The number of ether oxygens (including phenoxy) is 1. The Hall–Kier alpha value is -5.06. The molecule has 0 aliphatic heterocycles. The van der Waals surface area contributed by atoms with E-state index in [9.17, 15) is 27.2 Å². The van der Waals surface area contributed by atoms with Crippen molar-refractivity contribution in [1.29, 1.82) is 0 Å². The van der Waals surface area contributed by atoms with Gasteiger partial charge < -0.3 is 14.6 Å². The molecular formula is C30H22F4N4O3. The summed E-state index contributed by atoms with van der Waals surface area (Å²) in [6, 6.07) is 11.6. The molecule has 0 unspecified atom stereocenters. The van der Waals surface area contributed by atoms with Gasteiger partial charge >= 0.3 is 6.18 Å². The fourth-order valence-electron chi connectivity index (χ4n) is 4.21. The molecule has 0 aliphatic rings. The standard InChI is InChI=1S/C30H22F4N4O3/c1-16-8-24-26(9-17(16)2)35-7-6-27(24)41-22-4-5-23(25(31)13-22)28(39)29(40)37-20-10-19(30(32,33)34)11-21(12-20)38-14-18(3)36-15-38/h4-15H,1-3H3,(H,37,40). The number of Topliss-reactive ketones (excluding diaryl/α,β-unsaturated/α-hetero) is 1. The van der Waals surface area contributed by atoms with Gasteiger partial charge in [0.2, 0.25) is 0 Å². The van der Waals surface area contributed by atoms with E-state index in [2.05, 4.69) is 15.3 Å². The first-order chi connectivity index (χ1) is 19.4. The highest BCUT2D eigenvalue weighted by molar-refractivity contribution is 6.46. The van der Waals surface area contributed by atoms with Crippen LogP contribution in [0.2, 0.25) is 0 Å². The third-order valence-corrected chi connectivity index (χ3v) is 6.45. The molecule has 2 aromatic heterocycles. The number of carbonyl (C=O) groups is 2. The largest absolute Gasteiger partial charge is 0.456 e. The normalized spacial score (nSPS) is 11.5. The first kappa shape index (κ1) is 27.5. The zero-order chi connectivity index (χ0) is 29.5. The smallest absolute Gasteiger partial charge is 0.416 e. The summed E-state index contributed by atoms with van der Waals surface area (Å²) in [5.41, 5.74) is 1.46. The molecule has 7 nitrogen and oxygen atoms in total. The number of benzene rings is 3. The number of rotatable bonds is 6. The molecule has 0 saturated heterocycles. The van der Waals surface area contributed by atoms with Crippen LogP contribution in [0.5, 0.6) is 11.5 Å². The molecule has 0 saturated carbocycles. The monoisotopic (exact) mass is 562 g/mol. The highest BCUT2D eigenvalue weighted by Gasteiger charge is 2.32. The summed E-state index contributed by atoms with van der Waals surface area (Å²) in [6.07, 6.45) is -0.354. The van der Waals surface area contributed by atoms with E-state index in [1.54, 1.807) is 19.2 Å². The summed E-state index contributed by atoms with van der Waals surface area (Å²) < 4.78 is 62.8. The number of amides is 1. The molecule has 208 valence electrons. The van der Waals surface area contributed by atoms with Crippen molar-refractivity contribution in [2.75, 3.05) is 5.32 Å². The highest BCUT2D eigenvalue weighted by Crippen LogP contribution is 2.34. The van der Waals surface area contributed by atoms with Crippen LogP contribution in [0.15, 0.2) is 73.3 Å². The molecule has 2 heterocycles. The predicted octanol–water partition coefficient (Wildman–Crippen LogP) is 7.12. The molecule has 0 aliphatic carbocycles. The van der Waals surface area contributed by atoms with Crippen molar-refractivity contribution in [3.8, 4) is 17.2 Å². The highest BCUT2D eigenvalue weighted by atomic mass is 19.4. The summed E-state index contributed by atoms with van der Waals surface area (Å²) in [5, 5.41) is 2.86. The number of fused-ring (bicyclic) bond motifs is 1. The number of hydrogen-bond donors (Lipinski definition) is 1. The van der Waals surface area contributed by atoms with Crippen LogP contribution in [0.3, 0.4) is 0 Å². The number of imidazole rings is 1. The lowest BCUT2D eigenvalue weighted by molar-refractivity contribution is -0.137. The van der Waals surface area contributed by atoms with Crippen LogP contribution in [0.4, 0.5) is 23.2 Å². The molecule has 1 amide bonds. The van der Waals surface area contributed by atoms with Gasteiger partial charge in [0.05, 0.1) is 28.7 Å². The lowest BCUT2D eigenvalue weighted by Crippen LogP contribution is -2.24. The van der Waals surface area contributed by atoms with Crippen LogP contribution in [0, 0.1) is 26.6 Å². The van der Waals surface area contributed by atoms with E-state index in [1.165, 1.54) is 29.2 Å². The maximum atomic E-state index is 15.0. The topological polar surface area (TPSA) is 86.1 Å². The van der Waals surface area contributed by atoms with Crippen molar-refractivity contribution in [2.24, 2.45) is 0 Å². The van der Waals surface area contributed by atoms with Crippen molar-refractivity contribution < 1.29 is 31.9 Å². The molecule has 41 heavy (non-hydrogen) atoms. The number of nitrogens with one attached hydrogen (secondary N) is 1. The van der Waals surface area contributed by atoms with Crippen LogP contribution < -0.4 is 10.1 Å². The maximum Gasteiger partial charge on any atom is 0.416 e. The average Bonchev–Trinajstić information content (AvgIpc) is 3.35. The van der Waals surface area contributed by atoms with Crippen LogP contribution >= 0.6 is 0 Å². The fraction of sp³-hybridized carbons (Fsp3) is 0.133. The molecule has 0 fully saturated rings. The summed E-state index contributed by atoms with van der Waals surface area (Å²) in [6.45, 7) is 5.56. The Morgan fingerprint density at radius 1 is 0.927 bits per heavy atom. The van der Waals surface area contributed by atoms with Gasteiger partial charge in [0, 0.05) is 35.2 Å². The van der Waals surface area contributed by atoms with E-state index < -0.39 is 34.8 Å². The van der Waals surface area contributed by atoms with Gasteiger partial charge in [-0.2, -0.15) is 13.2 Å². The third-order valence-electron chi connectivity index (χ3n) is 6.45. The molecule has 11 heteroatoms. The Morgan fingerprint density at radius 2 is 1.68 bits per heavy atom. The first-order valence-electron chi connectivity index (χ1n) is 12.3. The summed E-state index contributed by atoms with van der Waals surface area (Å²) in [5.74, 6) is -3.12. The van der Waals surface area contributed by atoms with Crippen LogP contribution in [-0.4, -0.2) is 26.2 Å². The SMILES string of the molecule is Cc1cn(-c2cc(NC(=O)C(=O)c3ccc(Oc4ccnc5cc(C)c(C)cc45)cc3F)cc(C(F)(F)F)c2)cn1. The third kappa shape index (κ3) is 5.79. The minimum atomic E-state index is -4.73. The van der Waals surface area contributed by atoms with E-state index in [4.69, 9.17) is 4.74 Å².